The summed E-state index contributed by atoms with van der Waals surface area (Å²) in [5.74, 6) is 0.344. The fourth-order valence-electron chi connectivity index (χ4n) is 2.31. The van der Waals surface area contributed by atoms with E-state index in [9.17, 15) is 5.11 Å². The van der Waals surface area contributed by atoms with Gasteiger partial charge in [0.25, 0.3) is 0 Å². The molecule has 1 unspecified atom stereocenters. The second-order valence-electron chi connectivity index (χ2n) is 4.47. The van der Waals surface area contributed by atoms with Gasteiger partial charge in [-0.05, 0) is 44.5 Å². The van der Waals surface area contributed by atoms with E-state index >= 15 is 0 Å². The molecule has 0 bridgehead atoms. The third-order valence-corrected chi connectivity index (χ3v) is 3.33. The maximum Gasteiger partial charge on any atom is 0.117 e. The third kappa shape index (κ3) is 2.67. The Morgan fingerprint density at radius 2 is 2.19 bits per heavy atom. The number of nitrogens with zero attached hydrogens (tertiary/aromatic N) is 1. The van der Waals surface area contributed by atoms with E-state index in [1.165, 1.54) is 19.3 Å². The molecule has 0 aromatic heterocycles. The van der Waals surface area contributed by atoms with Crippen molar-refractivity contribution in [2.24, 2.45) is 0 Å². The predicted molar refractivity (Wildman–Crippen MR) is 67.0 cm³/mol. The van der Waals surface area contributed by atoms with Crippen LogP contribution in [0.4, 0.5) is 5.69 Å². The van der Waals surface area contributed by atoms with Crippen molar-refractivity contribution in [2.45, 2.75) is 25.3 Å². The fraction of sp³-hybridized carbons (Fsp3) is 0.538. The predicted octanol–water partition coefficient (Wildman–Crippen LogP) is 1.97. The molecule has 0 saturated carbocycles. The number of nitrogens with one attached hydrogen (secondary N) is 1. The van der Waals surface area contributed by atoms with Crippen molar-refractivity contribution in [3.05, 3.63) is 24.3 Å². The van der Waals surface area contributed by atoms with Crippen LogP contribution in [0.2, 0.25) is 0 Å². The summed E-state index contributed by atoms with van der Waals surface area (Å²) < 4.78 is 0. The first kappa shape index (κ1) is 11.3. The highest BCUT2D eigenvalue weighted by Gasteiger charge is 2.17. The number of phenolic OH excluding ortho intramolecular Hbond substituents is 1. The molecular weight excluding hydrogens is 200 g/mol. The number of aromatic hydroxyl groups is 1. The van der Waals surface area contributed by atoms with Crippen LogP contribution in [0, 0.1) is 0 Å². The lowest BCUT2D eigenvalue weighted by atomic mass is 10.1. The standard InChI is InChI=1S/C13H20N2O/c1-15(11-5-3-8-14-9-7-11)12-4-2-6-13(16)10-12/h2,4,6,10-11,14,16H,3,5,7-9H2,1H3. The van der Waals surface area contributed by atoms with Crippen LogP contribution in [0.1, 0.15) is 19.3 Å². The molecule has 16 heavy (non-hydrogen) atoms. The zero-order valence-corrected chi connectivity index (χ0v) is 9.82. The molecule has 1 aromatic rings. The third-order valence-electron chi connectivity index (χ3n) is 3.33. The van der Waals surface area contributed by atoms with Crippen LogP contribution in [0.15, 0.2) is 24.3 Å². The molecule has 1 atom stereocenters. The Bertz CT molecular complexity index is 332. The summed E-state index contributed by atoms with van der Waals surface area (Å²) in [5.41, 5.74) is 1.10. The molecule has 0 aliphatic carbocycles. The van der Waals surface area contributed by atoms with Crippen LogP contribution in [0.5, 0.6) is 5.75 Å². The molecule has 0 amide bonds. The smallest absolute Gasteiger partial charge is 0.117 e. The van der Waals surface area contributed by atoms with E-state index in [4.69, 9.17) is 0 Å². The SMILES string of the molecule is CN(c1cccc(O)c1)C1CCCNCC1. The van der Waals surface area contributed by atoms with Gasteiger partial charge < -0.3 is 15.3 Å². The van der Waals surface area contributed by atoms with Crippen LogP contribution in [0.3, 0.4) is 0 Å². The van der Waals surface area contributed by atoms with Crippen molar-refractivity contribution in [1.29, 1.82) is 0 Å². The Morgan fingerprint density at radius 3 is 3.00 bits per heavy atom. The topological polar surface area (TPSA) is 35.5 Å². The van der Waals surface area contributed by atoms with E-state index in [1.54, 1.807) is 6.07 Å². The number of hydrogen-bond donors (Lipinski definition) is 2. The van der Waals surface area contributed by atoms with Gasteiger partial charge in [-0.3, -0.25) is 0 Å². The van der Waals surface area contributed by atoms with Gasteiger partial charge in [-0.1, -0.05) is 6.07 Å². The van der Waals surface area contributed by atoms with Gasteiger partial charge in [-0.2, -0.15) is 0 Å². The zero-order valence-electron chi connectivity index (χ0n) is 9.82. The summed E-state index contributed by atoms with van der Waals surface area (Å²) in [6, 6.07) is 8.08. The number of hydrogen-bond acceptors (Lipinski definition) is 3. The molecule has 88 valence electrons. The Hall–Kier alpha value is -1.22. The lowest BCUT2D eigenvalue weighted by Crippen LogP contribution is -2.32. The molecule has 1 saturated heterocycles. The van der Waals surface area contributed by atoms with E-state index in [0.29, 0.717) is 11.8 Å². The molecule has 3 heteroatoms. The van der Waals surface area contributed by atoms with E-state index in [0.717, 1.165) is 18.8 Å². The molecule has 3 nitrogen and oxygen atoms in total. The van der Waals surface area contributed by atoms with Crippen LogP contribution in [-0.4, -0.2) is 31.3 Å². The molecule has 0 spiro atoms. The van der Waals surface area contributed by atoms with Gasteiger partial charge in [0.1, 0.15) is 5.75 Å². The van der Waals surface area contributed by atoms with Crippen molar-refractivity contribution in [2.75, 3.05) is 25.0 Å². The summed E-state index contributed by atoms with van der Waals surface area (Å²) in [4.78, 5) is 2.28. The summed E-state index contributed by atoms with van der Waals surface area (Å²) in [7, 11) is 2.12. The van der Waals surface area contributed by atoms with Crippen molar-refractivity contribution in [1.82, 2.24) is 5.32 Å². The van der Waals surface area contributed by atoms with Gasteiger partial charge >= 0.3 is 0 Å². The molecule has 2 N–H and O–H groups in total. The number of rotatable bonds is 2. The molecule has 0 radical (unpaired) electrons. The molecule has 1 heterocycles. The highest BCUT2D eigenvalue weighted by molar-refractivity contribution is 5.50. The molecule has 1 aromatic carbocycles. The van der Waals surface area contributed by atoms with Crippen molar-refractivity contribution >= 4 is 5.69 Å². The molecule has 2 rings (SSSR count). The maximum absolute atomic E-state index is 9.48. The Labute approximate surface area is 97.1 Å². The van der Waals surface area contributed by atoms with E-state index < -0.39 is 0 Å². The van der Waals surface area contributed by atoms with E-state index in [-0.39, 0.29) is 0 Å². The molecule has 1 fully saturated rings. The molecule has 1 aliphatic rings. The summed E-state index contributed by atoms with van der Waals surface area (Å²) in [6.45, 7) is 2.22. The Balaban J connectivity index is 2.07. The minimum atomic E-state index is 0.344. The summed E-state index contributed by atoms with van der Waals surface area (Å²) in [6.07, 6.45) is 3.62. The largest absolute Gasteiger partial charge is 0.508 e. The minimum Gasteiger partial charge on any atom is -0.508 e. The monoisotopic (exact) mass is 220 g/mol. The Morgan fingerprint density at radius 1 is 1.31 bits per heavy atom. The van der Waals surface area contributed by atoms with Gasteiger partial charge in [0, 0.05) is 24.8 Å². The second kappa shape index (κ2) is 5.21. The quantitative estimate of drug-likeness (QED) is 0.800. The van der Waals surface area contributed by atoms with Crippen LogP contribution < -0.4 is 10.2 Å². The lowest BCUT2D eigenvalue weighted by molar-refractivity contribution is 0.474. The molecule has 1 aliphatic heterocycles. The van der Waals surface area contributed by atoms with Crippen LogP contribution in [0.25, 0.3) is 0 Å². The summed E-state index contributed by atoms with van der Waals surface area (Å²) in [5, 5.41) is 12.9. The van der Waals surface area contributed by atoms with E-state index in [1.807, 2.05) is 12.1 Å². The number of anilines is 1. The Kier molecular flexibility index (Phi) is 3.67. The number of phenols is 1. The van der Waals surface area contributed by atoms with Crippen molar-refractivity contribution in [3.8, 4) is 5.75 Å². The minimum absolute atomic E-state index is 0.344. The van der Waals surface area contributed by atoms with Gasteiger partial charge in [-0.15, -0.1) is 0 Å². The van der Waals surface area contributed by atoms with E-state index in [2.05, 4.69) is 23.3 Å². The van der Waals surface area contributed by atoms with Crippen LogP contribution in [-0.2, 0) is 0 Å². The lowest BCUT2D eigenvalue weighted by Gasteiger charge is -2.29. The highest BCUT2D eigenvalue weighted by Crippen LogP contribution is 2.23. The number of benzene rings is 1. The van der Waals surface area contributed by atoms with Crippen molar-refractivity contribution in [3.63, 3.8) is 0 Å². The normalized spacial score (nSPS) is 21.4. The first-order chi connectivity index (χ1) is 7.77. The van der Waals surface area contributed by atoms with Gasteiger partial charge in [-0.25, -0.2) is 0 Å². The average Bonchev–Trinajstić information content (AvgIpc) is 2.56. The first-order valence-electron chi connectivity index (χ1n) is 6.00. The first-order valence-corrected chi connectivity index (χ1v) is 6.00. The molecular formula is C13H20N2O. The van der Waals surface area contributed by atoms with Crippen molar-refractivity contribution < 1.29 is 5.11 Å². The summed E-state index contributed by atoms with van der Waals surface area (Å²) >= 11 is 0. The fourth-order valence-corrected chi connectivity index (χ4v) is 2.31. The second-order valence-corrected chi connectivity index (χ2v) is 4.47. The van der Waals surface area contributed by atoms with Gasteiger partial charge in [0.05, 0.1) is 0 Å². The highest BCUT2D eigenvalue weighted by atomic mass is 16.3. The van der Waals surface area contributed by atoms with Gasteiger partial charge in [0.2, 0.25) is 0 Å². The average molecular weight is 220 g/mol. The van der Waals surface area contributed by atoms with Crippen LogP contribution >= 0.6 is 0 Å². The zero-order chi connectivity index (χ0) is 11.4. The maximum atomic E-state index is 9.48. The van der Waals surface area contributed by atoms with Gasteiger partial charge in [0.15, 0.2) is 0 Å².